The average Bonchev–Trinajstić information content (AvgIpc) is 1.67. The molecule has 0 spiro atoms. The summed E-state index contributed by atoms with van der Waals surface area (Å²) < 4.78 is 0. The van der Waals surface area contributed by atoms with Gasteiger partial charge in [-0.3, -0.25) is 19.2 Å². The number of carbonyl (C=O) groups is 4. The summed E-state index contributed by atoms with van der Waals surface area (Å²) in [5.74, 6) is 7.73. The zero-order chi connectivity index (χ0) is 74.1. The number of aromatic nitrogens is 12. The van der Waals surface area contributed by atoms with Gasteiger partial charge in [0.2, 0.25) is 23.6 Å². The fourth-order valence-corrected chi connectivity index (χ4v) is 16.8. The van der Waals surface area contributed by atoms with E-state index in [0.29, 0.717) is 50.1 Å². The highest BCUT2D eigenvalue weighted by Crippen LogP contribution is 2.41. The lowest BCUT2D eigenvalue weighted by molar-refractivity contribution is -0.131. The molecule has 0 aromatic carbocycles. The van der Waals surface area contributed by atoms with Crippen LogP contribution in [0.25, 0.3) is 44.1 Å². The quantitative estimate of drug-likeness (QED) is 0.0261. The van der Waals surface area contributed by atoms with Crippen molar-refractivity contribution in [3.63, 3.8) is 0 Å². The topological polar surface area (TPSA) is 296 Å². The monoisotopic (exact) mass is 1440 g/mol. The Kier molecular flexibility index (Phi) is 24.0. The Labute approximate surface area is 623 Å². The molecule has 12 heterocycles. The Morgan fingerprint density at radius 1 is 0.377 bits per heavy atom. The number of H-pyrrole nitrogens is 4. The number of carbonyl (C=O) groups excluding carboxylic acids is 4. The standard InChI is InChI=1S/2C21H29N5O.2C20H27N5O/c2*1-4-18(27)26-11-16(7-8-17(26)13(2)3)25-21-19-15(9-14-5-6-14)10-22-20(19)23-12-24-21;2*1-3-16-8-7-15(11-25(16)17(26)4-2)24-20-18-14(9-13-5-6-13)10-21-19(18)22-12-23-20/h2*4,10,12-14,16-17H,1,5-9,11H2,2-3H3,(H2,22,23,24,25);2*4,10,12-13,15-16H,2-3,5-9,11H2,1H3,(H2,21,22,23,24)/t16-,17-;;2*15-,16+/m0.10/s1. The van der Waals surface area contributed by atoms with Gasteiger partial charge in [0.1, 0.15) is 71.2 Å². The lowest BCUT2D eigenvalue weighted by atomic mass is 9.90. The first-order valence-electron chi connectivity index (χ1n) is 39.5. The predicted octanol–water partition coefficient (Wildman–Crippen LogP) is 13.6. The highest BCUT2D eigenvalue weighted by atomic mass is 16.2. The molecule has 0 bridgehead atoms. The molecule has 0 radical (unpaired) electrons. The lowest BCUT2D eigenvalue weighted by Gasteiger charge is -2.41. The van der Waals surface area contributed by atoms with E-state index >= 15 is 0 Å². The first kappa shape index (κ1) is 74.8. The van der Waals surface area contributed by atoms with Crippen molar-refractivity contribution in [1.29, 1.82) is 0 Å². The van der Waals surface area contributed by atoms with Crippen molar-refractivity contribution in [2.45, 2.75) is 231 Å². The molecule has 4 saturated carbocycles. The molecule has 24 heteroatoms. The maximum Gasteiger partial charge on any atom is 0.246 e. The van der Waals surface area contributed by atoms with Gasteiger partial charge in [0.05, 0.1) is 21.5 Å². The van der Waals surface area contributed by atoms with Gasteiger partial charge < -0.3 is 60.8 Å². The van der Waals surface area contributed by atoms with Gasteiger partial charge in [-0.1, -0.05) is 67.9 Å². The Hall–Kier alpha value is -9.48. The van der Waals surface area contributed by atoms with E-state index in [9.17, 15) is 19.2 Å². The summed E-state index contributed by atoms with van der Waals surface area (Å²) in [6, 6.07) is 1.93. The van der Waals surface area contributed by atoms with E-state index < -0.39 is 0 Å². The number of anilines is 4. The third kappa shape index (κ3) is 18.0. The molecule has 24 nitrogen and oxygen atoms in total. The van der Waals surface area contributed by atoms with Crippen molar-refractivity contribution in [1.82, 2.24) is 79.4 Å². The van der Waals surface area contributed by atoms with Gasteiger partial charge in [-0.2, -0.15) is 0 Å². The first-order valence-corrected chi connectivity index (χ1v) is 39.5. The van der Waals surface area contributed by atoms with Crippen LogP contribution in [0.15, 0.2) is 101 Å². The SMILES string of the molecule is C=CC(=O)N1CC(Nc2ncnc3[nH]cc(CC4CC4)c23)CCC1C(C)C.C=CC(=O)N1C[C@@H](Nc2ncnc3[nH]cc(CC4CC4)c23)CC[C@H]1C(C)C.C=CC(=O)N1C[C@@H](Nc2ncnc3[nH]cc(CC4CC4)c23)CC[C@H]1CC.C=CC(=O)N1C[C@H](Nc2ncnc3[nH]cc(CC4CC4)c23)CC[C@@H]1CC. The molecule has 8 aromatic rings. The van der Waals surface area contributed by atoms with Crippen LogP contribution in [-0.4, -0.2) is 178 Å². The van der Waals surface area contributed by atoms with Gasteiger partial charge >= 0.3 is 0 Å². The van der Waals surface area contributed by atoms with Crippen molar-refractivity contribution in [3.8, 4) is 0 Å². The minimum atomic E-state index is 0.0177. The van der Waals surface area contributed by atoms with E-state index in [2.05, 4.69) is 174 Å². The molecule has 16 rings (SSSR count). The molecular weight excluding hydrogens is 1330 g/mol. The zero-order valence-corrected chi connectivity index (χ0v) is 63.2. The van der Waals surface area contributed by atoms with Gasteiger partial charge in [0.25, 0.3) is 0 Å². The van der Waals surface area contributed by atoms with Gasteiger partial charge in [-0.05, 0) is 223 Å². The van der Waals surface area contributed by atoms with Crippen LogP contribution in [-0.2, 0) is 44.9 Å². The number of aromatic amines is 4. The van der Waals surface area contributed by atoms with Crippen molar-refractivity contribution in [3.05, 3.63) is 123 Å². The minimum absolute atomic E-state index is 0.0177. The van der Waals surface area contributed by atoms with E-state index in [1.165, 1.54) is 97.9 Å². The highest BCUT2D eigenvalue weighted by molar-refractivity contribution is 5.94. The summed E-state index contributed by atoms with van der Waals surface area (Å²) in [6.07, 6.45) is 45.4. The summed E-state index contributed by atoms with van der Waals surface area (Å²) in [7, 11) is 0. The number of likely N-dealkylation sites (tertiary alicyclic amines) is 4. The molecule has 4 amide bonds. The minimum Gasteiger partial charge on any atom is -0.365 e. The first-order chi connectivity index (χ1) is 51.5. The second-order valence-corrected chi connectivity index (χ2v) is 31.8. The van der Waals surface area contributed by atoms with Gasteiger partial charge in [-0.25, -0.2) is 39.9 Å². The van der Waals surface area contributed by atoms with E-state index in [0.717, 1.165) is 181 Å². The summed E-state index contributed by atoms with van der Waals surface area (Å²) in [5.41, 5.74) is 8.74. The molecule has 564 valence electrons. The molecule has 4 aliphatic carbocycles. The normalized spacial score (nSPS) is 23.1. The van der Waals surface area contributed by atoms with Crippen molar-refractivity contribution in [2.75, 3.05) is 47.4 Å². The third-order valence-electron chi connectivity index (χ3n) is 23.4. The molecule has 106 heavy (non-hydrogen) atoms. The third-order valence-corrected chi connectivity index (χ3v) is 23.4. The van der Waals surface area contributed by atoms with E-state index in [1.807, 2.05) is 19.6 Å². The number of hydrogen-bond acceptors (Lipinski definition) is 16. The van der Waals surface area contributed by atoms with Crippen LogP contribution in [0, 0.1) is 35.5 Å². The Morgan fingerprint density at radius 3 is 0.858 bits per heavy atom. The Morgan fingerprint density at radius 2 is 0.623 bits per heavy atom. The van der Waals surface area contributed by atoms with E-state index in [1.54, 1.807) is 25.3 Å². The number of amides is 4. The second kappa shape index (κ2) is 34.0. The number of piperidine rings is 4. The second-order valence-electron chi connectivity index (χ2n) is 31.8. The van der Waals surface area contributed by atoms with Crippen LogP contribution in [0.1, 0.15) is 179 Å². The molecule has 4 aliphatic heterocycles. The number of nitrogens with zero attached hydrogens (tertiary/aromatic N) is 12. The summed E-state index contributed by atoms with van der Waals surface area (Å²) >= 11 is 0. The van der Waals surface area contributed by atoms with Crippen molar-refractivity contribution in [2.24, 2.45) is 35.5 Å². The summed E-state index contributed by atoms with van der Waals surface area (Å²) in [4.78, 5) is 106. The van der Waals surface area contributed by atoms with Crippen molar-refractivity contribution >= 4 is 91.0 Å². The number of nitrogens with one attached hydrogen (secondary N) is 8. The van der Waals surface area contributed by atoms with Crippen molar-refractivity contribution < 1.29 is 19.2 Å². The van der Waals surface area contributed by atoms with Crippen LogP contribution in [0.3, 0.4) is 0 Å². The molecule has 8 aromatic heterocycles. The fourth-order valence-electron chi connectivity index (χ4n) is 16.8. The molecule has 8 fully saturated rings. The average molecular weight is 1440 g/mol. The van der Waals surface area contributed by atoms with Crippen LogP contribution in [0.2, 0.25) is 0 Å². The maximum absolute atomic E-state index is 12.4. The van der Waals surface area contributed by atoms with Gasteiger partial charge in [0.15, 0.2) is 0 Å². The fraction of sp³-hybridized carbons (Fsp3) is 0.561. The van der Waals surface area contributed by atoms with Crippen LogP contribution in [0.4, 0.5) is 23.3 Å². The van der Waals surface area contributed by atoms with Gasteiger partial charge in [-0.15, -0.1) is 0 Å². The largest absolute Gasteiger partial charge is 0.365 e. The Balaban J connectivity index is 0.000000125. The van der Waals surface area contributed by atoms with Crippen LogP contribution < -0.4 is 21.3 Å². The number of hydrogen-bond donors (Lipinski definition) is 8. The summed E-state index contributed by atoms with van der Waals surface area (Å²) in [5, 5.41) is 18.9. The molecule has 4 saturated heterocycles. The summed E-state index contributed by atoms with van der Waals surface area (Å²) in [6.45, 7) is 30.4. The molecule has 8 N–H and O–H groups in total. The van der Waals surface area contributed by atoms with Gasteiger partial charge in [0, 0.05) is 99.3 Å². The highest BCUT2D eigenvalue weighted by Gasteiger charge is 2.38. The number of fused-ring (bicyclic) bond motifs is 4. The Bertz CT molecular complexity index is 4120. The lowest BCUT2D eigenvalue weighted by Crippen LogP contribution is -2.52. The smallest absolute Gasteiger partial charge is 0.246 e. The van der Waals surface area contributed by atoms with E-state index in [4.69, 9.17) is 0 Å². The predicted molar refractivity (Wildman–Crippen MR) is 421 cm³/mol. The molecule has 8 atom stereocenters. The number of rotatable bonds is 24. The van der Waals surface area contributed by atoms with E-state index in [-0.39, 0.29) is 59.9 Å². The molecule has 2 unspecified atom stereocenters. The van der Waals surface area contributed by atoms with Crippen LogP contribution >= 0.6 is 0 Å². The molecular formula is C82H112N20O4. The maximum atomic E-state index is 12.4. The zero-order valence-electron chi connectivity index (χ0n) is 63.2. The molecule has 8 aliphatic rings. The van der Waals surface area contributed by atoms with Crippen LogP contribution in [0.5, 0.6) is 0 Å².